The topological polar surface area (TPSA) is 170 Å². The van der Waals surface area contributed by atoms with E-state index in [2.05, 4.69) is 29.4 Å². The number of carbonyl (C=O) groups excluding carboxylic acids is 4. The molecule has 1 heterocycles. The second kappa shape index (κ2) is 18.7. The first-order valence-electron chi connectivity index (χ1n) is 16.1. The van der Waals surface area contributed by atoms with Crippen LogP contribution < -0.4 is 16.4 Å². The molecule has 1 aliphatic carbocycles. The Bertz CT molecular complexity index is 1220. The minimum atomic E-state index is -0.962. The number of nitrogens with zero attached hydrogens (tertiary/aromatic N) is 1. The van der Waals surface area contributed by atoms with E-state index in [0.29, 0.717) is 43.5 Å². The number of Topliss-reactive ketones (excluding diaryl/α,β-unsaturated/α-hetero) is 1. The van der Waals surface area contributed by atoms with E-state index in [9.17, 15) is 24.3 Å². The lowest BCUT2D eigenvalue weighted by atomic mass is 9.85. The van der Waals surface area contributed by atoms with Gasteiger partial charge in [-0.1, -0.05) is 39.8 Å². The third kappa shape index (κ3) is 10.9. The Morgan fingerprint density at radius 2 is 1.76 bits per heavy atom. The summed E-state index contributed by atoms with van der Waals surface area (Å²) in [7, 11) is 3.00. The van der Waals surface area contributed by atoms with Crippen LogP contribution >= 0.6 is 0 Å². The standard InChI is InChI=1S/C34H54N4O8/c1-9-38(10-2)15-14-36-29-24-16-20(3)17-28(45-8)30(40)22(5)18-23(6)32(46-34(35)43)27(44-7)13-11-12-21(4)33(42)37-25(31(24)41)19-26(29)39/h12,18-20,22,27-28,30,32,36,40H,9-11,13-17H2,1-8H3,(H2,35,43)(H,37,42)/b21-12-,23-18-. The number of likely N-dealkylation sites (N-methyl/N-ethyl adjacent to an activating group) is 1. The van der Waals surface area contributed by atoms with Crippen molar-refractivity contribution in [2.75, 3.05) is 40.4 Å². The third-order valence-corrected chi connectivity index (χ3v) is 8.74. The highest BCUT2D eigenvalue weighted by Gasteiger charge is 2.33. The van der Waals surface area contributed by atoms with E-state index in [1.165, 1.54) is 20.3 Å². The highest BCUT2D eigenvalue weighted by atomic mass is 16.6. The van der Waals surface area contributed by atoms with Gasteiger partial charge in [0.1, 0.15) is 0 Å². The van der Waals surface area contributed by atoms with Crippen LogP contribution in [0.2, 0.25) is 0 Å². The highest BCUT2D eigenvalue weighted by molar-refractivity contribution is 6.23. The van der Waals surface area contributed by atoms with E-state index < -0.39 is 48.1 Å². The molecule has 12 heteroatoms. The fourth-order valence-electron chi connectivity index (χ4n) is 5.96. The van der Waals surface area contributed by atoms with Gasteiger partial charge in [0.05, 0.1) is 29.7 Å². The molecule has 0 aromatic heterocycles. The Morgan fingerprint density at radius 1 is 1.11 bits per heavy atom. The molecule has 46 heavy (non-hydrogen) atoms. The maximum atomic E-state index is 13.8. The van der Waals surface area contributed by atoms with Gasteiger partial charge in [-0.2, -0.15) is 0 Å². The maximum Gasteiger partial charge on any atom is 0.405 e. The van der Waals surface area contributed by atoms with Crippen molar-refractivity contribution >= 4 is 23.6 Å². The van der Waals surface area contributed by atoms with Crippen molar-refractivity contribution in [3.63, 3.8) is 0 Å². The summed E-state index contributed by atoms with van der Waals surface area (Å²) in [6.45, 7) is 14.2. The molecule has 0 radical (unpaired) electrons. The van der Waals surface area contributed by atoms with Gasteiger partial charge in [0.2, 0.25) is 11.6 Å². The molecule has 0 saturated heterocycles. The molecule has 2 aliphatic rings. The van der Waals surface area contributed by atoms with Crippen molar-refractivity contribution in [2.45, 2.75) is 91.6 Å². The number of allylic oxidation sites excluding steroid dienone is 3. The molecule has 5 N–H and O–H groups in total. The molecule has 0 saturated carbocycles. The van der Waals surface area contributed by atoms with Crippen molar-refractivity contribution in [1.29, 1.82) is 0 Å². The van der Waals surface area contributed by atoms with Crippen LogP contribution in [-0.2, 0) is 28.6 Å². The number of ether oxygens (including phenoxy) is 3. The van der Waals surface area contributed by atoms with Gasteiger partial charge in [-0.15, -0.1) is 0 Å². The minimum Gasteiger partial charge on any atom is -0.439 e. The molecule has 0 aromatic rings. The van der Waals surface area contributed by atoms with Gasteiger partial charge in [-0.25, -0.2) is 4.79 Å². The average Bonchev–Trinajstić information content (AvgIpc) is 3.01. The quantitative estimate of drug-likeness (QED) is 0.216. The lowest BCUT2D eigenvalue weighted by Crippen LogP contribution is -2.39. The number of nitrogens with two attached hydrogens (primary N) is 1. The number of ketones is 2. The number of hydrogen-bond donors (Lipinski definition) is 4. The molecule has 1 aliphatic heterocycles. The SMILES string of the molecule is CCN(CC)CCNC1=C2CC(C)CC(OC)C(O)C(C)/C=C(/C)C(OC(N)=O)C(OC)CC/C=C(/C)C(=O)NC(=CC1=O)C2=O. The fourth-order valence-corrected chi connectivity index (χ4v) is 5.96. The molecule has 0 fully saturated rings. The van der Waals surface area contributed by atoms with E-state index >= 15 is 0 Å². The molecule has 2 amide bonds. The van der Waals surface area contributed by atoms with Crippen molar-refractivity contribution in [3.8, 4) is 0 Å². The summed E-state index contributed by atoms with van der Waals surface area (Å²) < 4.78 is 16.8. The average molecular weight is 647 g/mol. The van der Waals surface area contributed by atoms with Crippen molar-refractivity contribution in [3.05, 3.63) is 46.3 Å². The van der Waals surface area contributed by atoms with Gasteiger partial charge >= 0.3 is 6.09 Å². The first-order valence-corrected chi connectivity index (χ1v) is 16.1. The summed E-state index contributed by atoms with van der Waals surface area (Å²) in [5.41, 5.74) is 6.81. The number of primary amides is 1. The molecule has 0 aromatic carbocycles. The lowest BCUT2D eigenvalue weighted by molar-refractivity contribution is -0.120. The second-order valence-electron chi connectivity index (χ2n) is 12.2. The minimum absolute atomic E-state index is 0.0846. The van der Waals surface area contributed by atoms with Crippen LogP contribution in [0, 0.1) is 11.8 Å². The molecule has 258 valence electrons. The summed E-state index contributed by atoms with van der Waals surface area (Å²) >= 11 is 0. The number of hydrogen-bond acceptors (Lipinski definition) is 10. The van der Waals surface area contributed by atoms with E-state index in [1.54, 1.807) is 19.9 Å². The molecule has 0 spiro atoms. The summed E-state index contributed by atoms with van der Waals surface area (Å²) in [6.07, 6.45) is 2.09. The first-order chi connectivity index (χ1) is 21.8. The number of methoxy groups -OCH3 is 2. The molecular weight excluding hydrogens is 592 g/mol. The number of aliphatic hydroxyl groups is 1. The molecule has 12 nitrogen and oxygen atoms in total. The number of rotatable bonds is 9. The highest BCUT2D eigenvalue weighted by Crippen LogP contribution is 2.29. The number of aliphatic hydroxyl groups excluding tert-OH is 1. The van der Waals surface area contributed by atoms with E-state index in [1.807, 2.05) is 19.9 Å². The predicted octanol–water partition coefficient (Wildman–Crippen LogP) is 2.92. The molecule has 2 rings (SSSR count). The Morgan fingerprint density at radius 3 is 2.35 bits per heavy atom. The van der Waals surface area contributed by atoms with Crippen LogP contribution in [0.1, 0.15) is 67.2 Å². The van der Waals surface area contributed by atoms with E-state index in [-0.39, 0.29) is 35.1 Å². The van der Waals surface area contributed by atoms with Gasteiger partial charge in [-0.3, -0.25) is 14.4 Å². The predicted molar refractivity (Wildman–Crippen MR) is 175 cm³/mol. The summed E-state index contributed by atoms with van der Waals surface area (Å²) in [5, 5.41) is 17.2. The third-order valence-electron chi connectivity index (χ3n) is 8.74. The zero-order valence-electron chi connectivity index (χ0n) is 28.7. The number of amides is 2. The van der Waals surface area contributed by atoms with Gasteiger partial charge in [0, 0.05) is 50.4 Å². The number of carbonyl (C=O) groups is 4. The van der Waals surface area contributed by atoms with E-state index in [4.69, 9.17) is 19.9 Å². The van der Waals surface area contributed by atoms with Crippen molar-refractivity contribution < 1.29 is 38.5 Å². The maximum absolute atomic E-state index is 13.8. The molecule has 2 bridgehead atoms. The molecule has 6 unspecified atom stereocenters. The van der Waals surface area contributed by atoms with Gasteiger partial charge in [0.15, 0.2) is 6.10 Å². The van der Waals surface area contributed by atoms with Crippen molar-refractivity contribution in [1.82, 2.24) is 15.5 Å². The Labute approximate surface area is 273 Å². The number of fused-ring (bicyclic) bond motifs is 2. The molecule has 6 atom stereocenters. The zero-order valence-corrected chi connectivity index (χ0v) is 28.7. The van der Waals surface area contributed by atoms with Crippen LogP contribution in [0.15, 0.2) is 46.3 Å². The van der Waals surface area contributed by atoms with Crippen LogP contribution in [0.5, 0.6) is 0 Å². The summed E-state index contributed by atoms with van der Waals surface area (Å²) in [4.78, 5) is 54.4. The molecular formula is C34H54N4O8. The number of nitrogens with one attached hydrogen (secondary N) is 2. The summed E-state index contributed by atoms with van der Waals surface area (Å²) in [6, 6.07) is 0. The zero-order chi connectivity index (χ0) is 34.6. The Hall–Kier alpha value is -3.32. The first kappa shape index (κ1) is 38.9. The van der Waals surface area contributed by atoms with Crippen LogP contribution in [0.25, 0.3) is 0 Å². The monoisotopic (exact) mass is 646 g/mol. The van der Waals surface area contributed by atoms with Gasteiger partial charge < -0.3 is 40.6 Å². The Balaban J connectivity index is 2.54. The van der Waals surface area contributed by atoms with Gasteiger partial charge in [0.25, 0.3) is 5.91 Å². The smallest absolute Gasteiger partial charge is 0.405 e. The lowest BCUT2D eigenvalue weighted by Gasteiger charge is -2.30. The normalized spacial score (nSPS) is 29.8. The largest absolute Gasteiger partial charge is 0.439 e. The van der Waals surface area contributed by atoms with Crippen molar-refractivity contribution in [2.24, 2.45) is 17.6 Å². The van der Waals surface area contributed by atoms with Crippen LogP contribution in [0.3, 0.4) is 0 Å². The fraction of sp³-hybridized carbons (Fsp3) is 0.647. The van der Waals surface area contributed by atoms with E-state index in [0.717, 1.165) is 13.1 Å². The second-order valence-corrected chi connectivity index (χ2v) is 12.2. The summed E-state index contributed by atoms with van der Waals surface area (Å²) in [5.74, 6) is -1.93. The van der Waals surface area contributed by atoms with Crippen LogP contribution in [0.4, 0.5) is 4.79 Å². The van der Waals surface area contributed by atoms with Crippen LogP contribution in [-0.4, -0.2) is 98.4 Å². The Kier molecular flexibility index (Phi) is 15.8. The van der Waals surface area contributed by atoms with Gasteiger partial charge in [-0.05, 0) is 64.1 Å².